The molecular weight excluding hydrogens is 447 g/mol. The van der Waals surface area contributed by atoms with Gasteiger partial charge in [-0.25, -0.2) is 4.39 Å². The third kappa shape index (κ3) is 4.81. The Labute approximate surface area is 203 Å². The van der Waals surface area contributed by atoms with E-state index in [1.54, 1.807) is 31.3 Å². The van der Waals surface area contributed by atoms with E-state index in [2.05, 4.69) is 10.3 Å². The zero-order valence-corrected chi connectivity index (χ0v) is 20.1. The fourth-order valence-electron chi connectivity index (χ4n) is 4.27. The van der Waals surface area contributed by atoms with Crippen molar-refractivity contribution in [2.45, 2.75) is 26.0 Å². The quantitative estimate of drug-likeness (QED) is 0.605. The molecular formula is C28H27FN2O4. The summed E-state index contributed by atoms with van der Waals surface area (Å²) < 4.78 is 25.0. The van der Waals surface area contributed by atoms with Crippen molar-refractivity contribution in [2.24, 2.45) is 0 Å². The second-order valence-electron chi connectivity index (χ2n) is 8.47. The van der Waals surface area contributed by atoms with Gasteiger partial charge in [0, 0.05) is 12.3 Å². The number of hydrogen-bond acceptors (Lipinski definition) is 5. The standard InChI is InChI=1S/C28H27FN2O4/c1-17-22(11-18-12-25(34-3)28(2,33)26(13-18)35-4)21-9-8-19(29)14-24(21)23(17)15-27(32)31-16-20-7-5-6-10-30-20/h5-15,33H,16H2,1-4H3,(H,31,32)/b18-11?,23-15+. The summed E-state index contributed by atoms with van der Waals surface area (Å²) in [5.41, 5.74) is 3.81. The van der Waals surface area contributed by atoms with Crippen LogP contribution in [-0.4, -0.2) is 35.8 Å². The topological polar surface area (TPSA) is 80.7 Å². The van der Waals surface area contributed by atoms with Crippen molar-refractivity contribution in [3.05, 3.63) is 112 Å². The molecule has 0 atom stereocenters. The summed E-state index contributed by atoms with van der Waals surface area (Å²) in [6, 6.07) is 10.0. The van der Waals surface area contributed by atoms with Crippen molar-refractivity contribution < 1.29 is 23.8 Å². The molecule has 0 fully saturated rings. The number of benzene rings is 1. The minimum atomic E-state index is -1.39. The summed E-state index contributed by atoms with van der Waals surface area (Å²) in [6.07, 6.45) is 8.52. The zero-order chi connectivity index (χ0) is 25.2. The van der Waals surface area contributed by atoms with E-state index in [-0.39, 0.29) is 18.3 Å². The van der Waals surface area contributed by atoms with E-state index < -0.39 is 5.60 Å². The van der Waals surface area contributed by atoms with E-state index in [1.807, 2.05) is 31.2 Å². The number of rotatable bonds is 6. The van der Waals surface area contributed by atoms with Gasteiger partial charge in [-0.1, -0.05) is 12.1 Å². The van der Waals surface area contributed by atoms with E-state index in [0.717, 1.165) is 28.0 Å². The molecule has 35 heavy (non-hydrogen) atoms. The number of halogens is 1. The zero-order valence-electron chi connectivity index (χ0n) is 20.1. The molecule has 4 rings (SSSR count). The normalized spacial score (nSPS) is 20.3. The number of ether oxygens (including phenoxy) is 2. The number of pyridine rings is 1. The fourth-order valence-corrected chi connectivity index (χ4v) is 4.27. The lowest BCUT2D eigenvalue weighted by Gasteiger charge is -2.30. The lowest BCUT2D eigenvalue weighted by molar-refractivity contribution is -0.116. The molecule has 0 saturated heterocycles. The number of nitrogens with one attached hydrogen (secondary N) is 1. The van der Waals surface area contributed by atoms with Crippen LogP contribution in [0, 0.1) is 5.82 Å². The van der Waals surface area contributed by atoms with Crippen LogP contribution in [0.3, 0.4) is 0 Å². The molecule has 2 aliphatic carbocycles. The molecule has 2 N–H and O–H groups in total. The van der Waals surface area contributed by atoms with Gasteiger partial charge in [-0.2, -0.15) is 0 Å². The van der Waals surface area contributed by atoms with Gasteiger partial charge in [0.05, 0.1) is 26.5 Å². The van der Waals surface area contributed by atoms with Crippen LogP contribution >= 0.6 is 0 Å². The van der Waals surface area contributed by atoms with Crippen molar-refractivity contribution in [2.75, 3.05) is 14.2 Å². The van der Waals surface area contributed by atoms with Gasteiger partial charge in [0.25, 0.3) is 0 Å². The lowest BCUT2D eigenvalue weighted by Crippen LogP contribution is -2.33. The molecule has 1 amide bonds. The van der Waals surface area contributed by atoms with Crippen molar-refractivity contribution in [3.63, 3.8) is 0 Å². The minimum Gasteiger partial charge on any atom is -0.498 e. The van der Waals surface area contributed by atoms with Gasteiger partial charge in [-0.3, -0.25) is 9.78 Å². The molecule has 6 nitrogen and oxygen atoms in total. The Morgan fingerprint density at radius 3 is 2.49 bits per heavy atom. The highest BCUT2D eigenvalue weighted by Gasteiger charge is 2.36. The number of aliphatic hydroxyl groups is 1. The van der Waals surface area contributed by atoms with E-state index in [4.69, 9.17) is 9.47 Å². The summed E-state index contributed by atoms with van der Waals surface area (Å²) in [5, 5.41) is 13.6. The van der Waals surface area contributed by atoms with Crippen LogP contribution in [0.2, 0.25) is 0 Å². The first-order chi connectivity index (χ1) is 16.7. The van der Waals surface area contributed by atoms with E-state index in [9.17, 15) is 14.3 Å². The number of fused-ring (bicyclic) bond motifs is 1. The van der Waals surface area contributed by atoms with E-state index >= 15 is 0 Å². The molecule has 0 unspecified atom stereocenters. The maximum Gasteiger partial charge on any atom is 0.244 e. The van der Waals surface area contributed by atoms with Gasteiger partial charge in [0.2, 0.25) is 5.91 Å². The Morgan fingerprint density at radius 1 is 1.14 bits per heavy atom. The van der Waals surface area contributed by atoms with Crippen LogP contribution < -0.4 is 5.32 Å². The average Bonchev–Trinajstić information content (AvgIpc) is 3.09. The molecule has 1 aromatic carbocycles. The Hall–Kier alpha value is -3.97. The predicted molar refractivity (Wildman–Crippen MR) is 132 cm³/mol. The molecule has 1 aromatic heterocycles. The Bertz CT molecular complexity index is 1290. The van der Waals surface area contributed by atoms with Crippen LogP contribution in [0.1, 0.15) is 30.7 Å². The first-order valence-corrected chi connectivity index (χ1v) is 11.1. The monoisotopic (exact) mass is 474 g/mol. The van der Waals surface area contributed by atoms with Gasteiger partial charge in [-0.15, -0.1) is 0 Å². The number of carbonyl (C=O) groups is 1. The highest BCUT2D eigenvalue weighted by Crippen LogP contribution is 2.43. The molecule has 1 heterocycles. The van der Waals surface area contributed by atoms with Crippen LogP contribution in [0.25, 0.3) is 11.1 Å². The lowest BCUT2D eigenvalue weighted by atomic mass is 9.91. The summed E-state index contributed by atoms with van der Waals surface area (Å²) >= 11 is 0. The van der Waals surface area contributed by atoms with Crippen molar-refractivity contribution in [3.8, 4) is 0 Å². The third-order valence-electron chi connectivity index (χ3n) is 6.12. The van der Waals surface area contributed by atoms with Crippen LogP contribution in [-0.2, 0) is 20.8 Å². The first kappa shape index (κ1) is 24.2. The van der Waals surface area contributed by atoms with Crippen LogP contribution in [0.4, 0.5) is 4.39 Å². The second kappa shape index (κ2) is 9.72. The molecule has 0 aliphatic heterocycles. The second-order valence-corrected chi connectivity index (χ2v) is 8.47. The summed E-state index contributed by atoms with van der Waals surface area (Å²) in [5.74, 6) is -0.0141. The molecule has 7 heteroatoms. The number of amides is 1. The Kier molecular flexibility index (Phi) is 6.71. The van der Waals surface area contributed by atoms with Crippen molar-refractivity contribution in [1.82, 2.24) is 10.3 Å². The number of aromatic nitrogens is 1. The smallest absolute Gasteiger partial charge is 0.244 e. The molecule has 0 bridgehead atoms. The largest absolute Gasteiger partial charge is 0.498 e. The third-order valence-corrected chi connectivity index (χ3v) is 6.12. The van der Waals surface area contributed by atoms with Gasteiger partial charge in [0.15, 0.2) is 5.60 Å². The van der Waals surface area contributed by atoms with Gasteiger partial charge < -0.3 is 19.9 Å². The molecule has 0 radical (unpaired) electrons. The predicted octanol–water partition coefficient (Wildman–Crippen LogP) is 4.46. The molecule has 2 aromatic rings. The summed E-state index contributed by atoms with van der Waals surface area (Å²) in [4.78, 5) is 16.9. The summed E-state index contributed by atoms with van der Waals surface area (Å²) in [7, 11) is 2.97. The highest BCUT2D eigenvalue weighted by molar-refractivity contribution is 6.08. The molecule has 180 valence electrons. The maximum atomic E-state index is 14.2. The number of methoxy groups -OCH3 is 2. The fraction of sp³-hybridized carbons (Fsp3) is 0.214. The van der Waals surface area contributed by atoms with Crippen LogP contribution in [0.5, 0.6) is 0 Å². The van der Waals surface area contributed by atoms with Gasteiger partial charge in [-0.05, 0) is 89.8 Å². The Balaban J connectivity index is 1.73. The highest BCUT2D eigenvalue weighted by atomic mass is 19.1. The van der Waals surface area contributed by atoms with E-state index in [0.29, 0.717) is 22.7 Å². The molecule has 2 aliphatic rings. The first-order valence-electron chi connectivity index (χ1n) is 11.1. The average molecular weight is 475 g/mol. The molecule has 0 spiro atoms. The maximum absolute atomic E-state index is 14.2. The van der Waals surface area contributed by atoms with Crippen molar-refractivity contribution >= 4 is 17.1 Å². The number of nitrogens with zero attached hydrogens (tertiary/aromatic N) is 1. The van der Waals surface area contributed by atoms with Crippen molar-refractivity contribution in [1.29, 1.82) is 0 Å². The molecule has 0 saturated carbocycles. The van der Waals surface area contributed by atoms with Gasteiger partial charge in [0.1, 0.15) is 17.3 Å². The number of hydrogen-bond donors (Lipinski definition) is 2. The summed E-state index contributed by atoms with van der Waals surface area (Å²) in [6.45, 7) is 3.77. The SMILES string of the molecule is COC1=CC(=CC2=C(C)/C(=C\C(=O)NCc3ccccn3)c3cc(F)ccc32)C=C(OC)C1(C)O. The van der Waals surface area contributed by atoms with Gasteiger partial charge >= 0.3 is 0 Å². The Morgan fingerprint density at radius 2 is 1.86 bits per heavy atom. The number of allylic oxidation sites excluding steroid dienone is 7. The van der Waals surface area contributed by atoms with Crippen LogP contribution in [0.15, 0.2) is 89.6 Å². The minimum absolute atomic E-state index is 0.286. The van der Waals surface area contributed by atoms with E-state index in [1.165, 1.54) is 32.4 Å². The number of carbonyl (C=O) groups excluding carboxylic acids is 1.